The Morgan fingerprint density at radius 2 is 1.81 bits per heavy atom. The quantitative estimate of drug-likeness (QED) is 0.481. The van der Waals surface area contributed by atoms with Crippen LogP contribution in [0.4, 0.5) is 0 Å². The summed E-state index contributed by atoms with van der Waals surface area (Å²) in [6.07, 6.45) is 8.16. The van der Waals surface area contributed by atoms with Gasteiger partial charge >= 0.3 is 0 Å². The van der Waals surface area contributed by atoms with E-state index in [-0.39, 0.29) is 5.84 Å². The van der Waals surface area contributed by atoms with Crippen molar-refractivity contribution in [3.63, 3.8) is 0 Å². The molecule has 3 N–H and O–H groups in total. The predicted molar refractivity (Wildman–Crippen MR) is 87.1 cm³/mol. The molecule has 0 atom stereocenters. The summed E-state index contributed by atoms with van der Waals surface area (Å²) in [5.41, 5.74) is 6.17. The van der Waals surface area contributed by atoms with Crippen LogP contribution in [0.5, 0.6) is 5.75 Å². The van der Waals surface area contributed by atoms with Crippen LogP contribution >= 0.6 is 0 Å². The molecule has 0 radical (unpaired) electrons. The van der Waals surface area contributed by atoms with E-state index in [0.29, 0.717) is 6.61 Å². The van der Waals surface area contributed by atoms with Gasteiger partial charge in [0.05, 0.1) is 0 Å². The van der Waals surface area contributed by atoms with E-state index in [9.17, 15) is 0 Å². The Morgan fingerprint density at radius 3 is 2.38 bits per heavy atom. The van der Waals surface area contributed by atoms with Gasteiger partial charge in [-0.25, -0.2) is 0 Å². The van der Waals surface area contributed by atoms with E-state index < -0.39 is 0 Å². The second kappa shape index (κ2) is 8.03. The number of amidine groups is 1. The molecule has 21 heavy (non-hydrogen) atoms. The summed E-state index contributed by atoms with van der Waals surface area (Å²) >= 11 is 0. The van der Waals surface area contributed by atoms with E-state index in [4.69, 9.17) is 15.9 Å². The van der Waals surface area contributed by atoms with Crippen LogP contribution in [0.15, 0.2) is 24.3 Å². The lowest BCUT2D eigenvalue weighted by molar-refractivity contribution is 0.178. The largest absolute Gasteiger partial charge is 0.492 e. The van der Waals surface area contributed by atoms with Gasteiger partial charge in [-0.15, -0.1) is 0 Å². The first kappa shape index (κ1) is 15.8. The van der Waals surface area contributed by atoms with Crippen molar-refractivity contribution in [3.05, 3.63) is 29.8 Å². The van der Waals surface area contributed by atoms with E-state index in [1.165, 1.54) is 38.5 Å². The number of nitrogens with two attached hydrogens (primary N) is 1. The predicted octanol–water partition coefficient (Wildman–Crippen LogP) is 3.00. The molecule has 0 aliphatic heterocycles. The second-order valence-corrected chi connectivity index (χ2v) is 5.91. The maximum atomic E-state index is 7.36. The van der Waals surface area contributed by atoms with Gasteiger partial charge in [-0.1, -0.05) is 25.7 Å². The highest BCUT2D eigenvalue weighted by Crippen LogP contribution is 2.21. The minimum absolute atomic E-state index is 0.0923. The molecule has 1 aromatic rings. The Hall–Kier alpha value is -1.55. The Kier molecular flexibility index (Phi) is 6.05. The highest BCUT2D eigenvalue weighted by molar-refractivity contribution is 5.94. The van der Waals surface area contributed by atoms with Crippen molar-refractivity contribution in [2.24, 2.45) is 5.73 Å². The summed E-state index contributed by atoms with van der Waals surface area (Å²) in [6, 6.07) is 8.13. The molecule has 0 aromatic heterocycles. The second-order valence-electron chi connectivity index (χ2n) is 5.91. The minimum atomic E-state index is 0.0923. The molecule has 4 nitrogen and oxygen atoms in total. The number of likely N-dealkylation sites (N-methyl/N-ethyl adjacent to an activating group) is 1. The zero-order chi connectivity index (χ0) is 15.1. The zero-order valence-electron chi connectivity index (χ0n) is 13.0. The summed E-state index contributed by atoms with van der Waals surface area (Å²) in [7, 11) is 2.21. The van der Waals surface area contributed by atoms with E-state index in [1.807, 2.05) is 24.3 Å². The van der Waals surface area contributed by atoms with Crippen LogP contribution in [0.1, 0.15) is 44.1 Å². The molecule has 1 saturated carbocycles. The average molecular weight is 289 g/mol. The topological polar surface area (TPSA) is 62.3 Å². The van der Waals surface area contributed by atoms with Crippen LogP contribution in [-0.4, -0.2) is 37.0 Å². The first-order valence-corrected chi connectivity index (χ1v) is 7.94. The molecule has 0 heterocycles. The van der Waals surface area contributed by atoms with E-state index >= 15 is 0 Å². The van der Waals surface area contributed by atoms with Gasteiger partial charge in [-0.05, 0) is 44.2 Å². The average Bonchev–Trinajstić information content (AvgIpc) is 2.77. The summed E-state index contributed by atoms with van der Waals surface area (Å²) < 4.78 is 5.78. The zero-order valence-corrected chi connectivity index (χ0v) is 13.0. The first-order valence-electron chi connectivity index (χ1n) is 7.94. The number of nitrogen functional groups attached to an aromatic ring is 1. The van der Waals surface area contributed by atoms with Crippen molar-refractivity contribution in [1.82, 2.24) is 4.90 Å². The Balaban J connectivity index is 1.74. The third-order valence-electron chi connectivity index (χ3n) is 4.33. The van der Waals surface area contributed by atoms with Crippen LogP contribution in [0.2, 0.25) is 0 Å². The van der Waals surface area contributed by atoms with Gasteiger partial charge in [0.1, 0.15) is 18.2 Å². The first-order chi connectivity index (χ1) is 10.2. The fourth-order valence-electron chi connectivity index (χ4n) is 2.92. The molecular weight excluding hydrogens is 262 g/mol. The van der Waals surface area contributed by atoms with Gasteiger partial charge in [0, 0.05) is 18.2 Å². The standard InChI is InChI=1S/C17H27N3O/c1-20(15-6-4-2-3-5-7-15)12-13-21-16-10-8-14(9-11-16)17(18)19/h8-11,15H,2-7,12-13H2,1H3,(H3,18,19). The van der Waals surface area contributed by atoms with Gasteiger partial charge in [0.15, 0.2) is 0 Å². The third-order valence-corrected chi connectivity index (χ3v) is 4.33. The van der Waals surface area contributed by atoms with E-state index in [2.05, 4.69) is 11.9 Å². The molecule has 2 rings (SSSR count). The smallest absolute Gasteiger partial charge is 0.122 e. The molecular formula is C17H27N3O. The van der Waals surface area contributed by atoms with Gasteiger partial charge in [0.2, 0.25) is 0 Å². The van der Waals surface area contributed by atoms with Crippen LogP contribution in [0.25, 0.3) is 0 Å². The molecule has 0 spiro atoms. The van der Waals surface area contributed by atoms with Crippen LogP contribution in [0, 0.1) is 5.41 Å². The molecule has 0 bridgehead atoms. The SMILES string of the molecule is CN(CCOc1ccc(C(=N)N)cc1)C1CCCCCC1. The molecule has 116 valence electrons. The van der Waals surface area contributed by atoms with Crippen LogP contribution in [-0.2, 0) is 0 Å². The van der Waals surface area contributed by atoms with Crippen molar-refractivity contribution < 1.29 is 4.74 Å². The van der Waals surface area contributed by atoms with Crippen LogP contribution < -0.4 is 10.5 Å². The highest BCUT2D eigenvalue weighted by atomic mass is 16.5. The minimum Gasteiger partial charge on any atom is -0.492 e. The molecule has 0 saturated heterocycles. The monoisotopic (exact) mass is 289 g/mol. The number of ether oxygens (including phenoxy) is 1. The number of nitrogens with zero attached hydrogens (tertiary/aromatic N) is 1. The summed E-state index contributed by atoms with van der Waals surface area (Å²) in [5.74, 6) is 0.934. The number of rotatable bonds is 6. The van der Waals surface area contributed by atoms with Gasteiger partial charge in [-0.3, -0.25) is 5.41 Å². The van der Waals surface area contributed by atoms with Crippen molar-refractivity contribution >= 4 is 5.84 Å². The van der Waals surface area contributed by atoms with Crippen molar-refractivity contribution in [2.45, 2.75) is 44.6 Å². The van der Waals surface area contributed by atoms with Crippen LogP contribution in [0.3, 0.4) is 0 Å². The third kappa shape index (κ3) is 5.05. The van der Waals surface area contributed by atoms with E-state index in [1.54, 1.807) is 0 Å². The van der Waals surface area contributed by atoms with Crippen molar-refractivity contribution in [3.8, 4) is 5.75 Å². The number of hydrogen-bond donors (Lipinski definition) is 2. The summed E-state index contributed by atoms with van der Waals surface area (Å²) in [5, 5.41) is 7.36. The lowest BCUT2D eigenvalue weighted by Crippen LogP contribution is -2.34. The fraction of sp³-hybridized carbons (Fsp3) is 0.588. The van der Waals surface area contributed by atoms with Gasteiger partial charge < -0.3 is 15.4 Å². The number of nitrogens with one attached hydrogen (secondary N) is 1. The summed E-state index contributed by atoms with van der Waals surface area (Å²) in [6.45, 7) is 1.66. The number of benzene rings is 1. The summed E-state index contributed by atoms with van der Waals surface area (Å²) in [4.78, 5) is 2.44. The van der Waals surface area contributed by atoms with E-state index in [0.717, 1.165) is 23.9 Å². The van der Waals surface area contributed by atoms with Gasteiger partial charge in [-0.2, -0.15) is 0 Å². The molecule has 1 aromatic carbocycles. The Labute approximate surface area is 127 Å². The van der Waals surface area contributed by atoms with Gasteiger partial charge in [0.25, 0.3) is 0 Å². The Morgan fingerprint density at radius 1 is 1.19 bits per heavy atom. The molecule has 4 heteroatoms. The highest BCUT2D eigenvalue weighted by Gasteiger charge is 2.16. The fourth-order valence-corrected chi connectivity index (χ4v) is 2.92. The maximum absolute atomic E-state index is 7.36. The molecule has 1 fully saturated rings. The van der Waals surface area contributed by atoms with Crippen molar-refractivity contribution in [1.29, 1.82) is 5.41 Å². The normalized spacial score (nSPS) is 16.7. The molecule has 0 amide bonds. The Bertz CT molecular complexity index is 436. The van der Waals surface area contributed by atoms with Crippen molar-refractivity contribution in [2.75, 3.05) is 20.2 Å². The molecule has 0 unspecified atom stereocenters. The lowest BCUT2D eigenvalue weighted by atomic mass is 10.1. The number of hydrogen-bond acceptors (Lipinski definition) is 3. The molecule has 1 aliphatic rings. The molecule has 1 aliphatic carbocycles. The maximum Gasteiger partial charge on any atom is 0.122 e. The lowest BCUT2D eigenvalue weighted by Gasteiger charge is -2.26.